The molecule has 0 spiro atoms. The largest absolute Gasteiger partial charge is 0.421 e. The molecule has 120 valence electrons. The number of hydrogen-bond acceptors (Lipinski definition) is 5. The maximum atomic E-state index is 12.3. The summed E-state index contributed by atoms with van der Waals surface area (Å²) in [4.78, 5) is 34.6. The van der Waals surface area contributed by atoms with E-state index in [-0.39, 0.29) is 17.0 Å². The van der Waals surface area contributed by atoms with Crippen LogP contribution in [0.15, 0.2) is 57.7 Å². The number of anilines is 1. The lowest BCUT2D eigenvalue weighted by Crippen LogP contribution is -2.18. The van der Waals surface area contributed by atoms with Gasteiger partial charge in [-0.15, -0.1) is 0 Å². The summed E-state index contributed by atoms with van der Waals surface area (Å²) in [6.45, 7) is 1.78. The van der Waals surface area contributed by atoms with Gasteiger partial charge in [-0.2, -0.15) is 0 Å². The van der Waals surface area contributed by atoms with E-state index in [4.69, 9.17) is 4.42 Å². The number of nitrogens with one attached hydrogen (secondary N) is 1. The maximum Gasteiger partial charge on any atom is 0.360 e. The van der Waals surface area contributed by atoms with Crippen molar-refractivity contribution in [2.75, 3.05) is 5.32 Å². The number of carbonyl (C=O) groups excluding carboxylic acids is 1. The third-order valence-corrected chi connectivity index (χ3v) is 3.56. The third-order valence-electron chi connectivity index (χ3n) is 3.56. The first-order chi connectivity index (χ1) is 11.5. The minimum atomic E-state index is -0.724. The highest BCUT2D eigenvalue weighted by Gasteiger charge is 2.14. The van der Waals surface area contributed by atoms with Crippen molar-refractivity contribution in [1.82, 2.24) is 0 Å². The first-order valence-corrected chi connectivity index (χ1v) is 7.05. The van der Waals surface area contributed by atoms with E-state index in [9.17, 15) is 19.7 Å². The van der Waals surface area contributed by atoms with Crippen LogP contribution in [-0.4, -0.2) is 10.8 Å². The fourth-order valence-corrected chi connectivity index (χ4v) is 2.33. The van der Waals surface area contributed by atoms with Crippen molar-refractivity contribution in [2.45, 2.75) is 6.92 Å². The van der Waals surface area contributed by atoms with Gasteiger partial charge < -0.3 is 9.73 Å². The molecule has 7 heteroatoms. The number of hydrogen-bond donors (Lipinski definition) is 1. The van der Waals surface area contributed by atoms with E-state index < -0.39 is 16.5 Å². The van der Waals surface area contributed by atoms with Crippen LogP contribution in [0.4, 0.5) is 11.4 Å². The number of carbonyl (C=O) groups is 1. The van der Waals surface area contributed by atoms with Crippen LogP contribution in [0.5, 0.6) is 0 Å². The molecule has 3 aromatic rings. The van der Waals surface area contributed by atoms with Crippen molar-refractivity contribution < 1.29 is 14.1 Å². The Labute approximate surface area is 135 Å². The van der Waals surface area contributed by atoms with E-state index in [1.807, 2.05) is 0 Å². The molecule has 0 saturated carbocycles. The summed E-state index contributed by atoms with van der Waals surface area (Å²) < 4.78 is 5.10. The molecule has 3 rings (SSSR count). The Kier molecular flexibility index (Phi) is 3.83. The van der Waals surface area contributed by atoms with Crippen molar-refractivity contribution in [2.24, 2.45) is 0 Å². The minimum Gasteiger partial charge on any atom is -0.421 e. The molecule has 24 heavy (non-hydrogen) atoms. The van der Waals surface area contributed by atoms with Crippen molar-refractivity contribution in [3.8, 4) is 0 Å². The number of aryl methyl sites for hydroxylation is 1. The molecule has 0 atom stereocenters. The molecule has 0 saturated heterocycles. The van der Waals surface area contributed by atoms with Gasteiger partial charge in [0, 0.05) is 23.1 Å². The number of rotatable bonds is 3. The van der Waals surface area contributed by atoms with Gasteiger partial charge in [0.05, 0.1) is 4.92 Å². The normalized spacial score (nSPS) is 10.5. The summed E-state index contributed by atoms with van der Waals surface area (Å²) in [5.41, 5.74) is 0.466. The molecule has 0 unspecified atom stereocenters. The predicted octanol–water partition coefficient (Wildman–Crippen LogP) is 3.26. The molecule has 1 aromatic heterocycles. The van der Waals surface area contributed by atoms with Gasteiger partial charge in [0.1, 0.15) is 11.3 Å². The molecule has 0 fully saturated rings. The van der Waals surface area contributed by atoms with Crippen LogP contribution in [-0.2, 0) is 0 Å². The van der Waals surface area contributed by atoms with Gasteiger partial charge in [0.15, 0.2) is 0 Å². The molecule has 0 radical (unpaired) electrons. The van der Waals surface area contributed by atoms with Gasteiger partial charge in [0.25, 0.3) is 11.6 Å². The van der Waals surface area contributed by atoms with E-state index in [2.05, 4.69) is 5.32 Å². The van der Waals surface area contributed by atoms with E-state index in [0.717, 1.165) is 5.56 Å². The number of fused-ring (bicyclic) bond motifs is 1. The molecular formula is C17H12N2O5. The second-order valence-corrected chi connectivity index (χ2v) is 5.20. The fourth-order valence-electron chi connectivity index (χ4n) is 2.33. The topological polar surface area (TPSA) is 102 Å². The van der Waals surface area contributed by atoms with Crippen LogP contribution in [0, 0.1) is 17.0 Å². The molecule has 0 aliphatic rings. The van der Waals surface area contributed by atoms with Crippen LogP contribution in [0.25, 0.3) is 11.0 Å². The Bertz CT molecular complexity index is 1020. The predicted molar refractivity (Wildman–Crippen MR) is 88.3 cm³/mol. The summed E-state index contributed by atoms with van der Waals surface area (Å²) in [6, 6.07) is 12.2. The maximum absolute atomic E-state index is 12.3. The number of benzene rings is 2. The Hall–Kier alpha value is -3.48. The molecule has 2 aromatic carbocycles. The third kappa shape index (κ3) is 2.87. The lowest BCUT2D eigenvalue weighted by atomic mass is 10.1. The van der Waals surface area contributed by atoms with Crippen LogP contribution < -0.4 is 10.9 Å². The molecule has 0 aliphatic heterocycles. The van der Waals surface area contributed by atoms with E-state index in [1.165, 1.54) is 24.3 Å². The average Bonchev–Trinajstić information content (AvgIpc) is 2.55. The zero-order valence-corrected chi connectivity index (χ0v) is 12.6. The van der Waals surface area contributed by atoms with Crippen molar-refractivity contribution in [3.63, 3.8) is 0 Å². The summed E-state index contributed by atoms with van der Waals surface area (Å²) in [6.07, 6.45) is 0. The second-order valence-electron chi connectivity index (χ2n) is 5.20. The molecule has 7 nitrogen and oxygen atoms in total. The molecular weight excluding hydrogens is 312 g/mol. The Morgan fingerprint density at radius 3 is 2.62 bits per heavy atom. The van der Waals surface area contributed by atoms with Crippen LogP contribution in [0.3, 0.4) is 0 Å². The quantitative estimate of drug-likeness (QED) is 0.452. The van der Waals surface area contributed by atoms with E-state index in [0.29, 0.717) is 10.9 Å². The lowest BCUT2D eigenvalue weighted by molar-refractivity contribution is -0.384. The zero-order valence-electron chi connectivity index (χ0n) is 12.6. The highest BCUT2D eigenvalue weighted by molar-refractivity contribution is 6.05. The summed E-state index contributed by atoms with van der Waals surface area (Å²) in [7, 11) is 0. The number of nitro benzene ring substituents is 1. The van der Waals surface area contributed by atoms with E-state index >= 15 is 0 Å². The Morgan fingerprint density at radius 2 is 1.92 bits per heavy atom. The summed E-state index contributed by atoms with van der Waals surface area (Å²) in [5, 5.41) is 13.7. The Morgan fingerprint density at radius 1 is 1.17 bits per heavy atom. The fraction of sp³-hybridized carbons (Fsp3) is 0.0588. The smallest absolute Gasteiger partial charge is 0.360 e. The molecule has 1 heterocycles. The molecule has 1 N–H and O–H groups in total. The molecule has 1 amide bonds. The minimum absolute atomic E-state index is 0.0729. The van der Waals surface area contributed by atoms with E-state index in [1.54, 1.807) is 31.2 Å². The summed E-state index contributed by atoms with van der Waals surface area (Å²) >= 11 is 0. The average molecular weight is 324 g/mol. The van der Waals surface area contributed by atoms with Gasteiger partial charge in [-0.3, -0.25) is 14.9 Å². The van der Waals surface area contributed by atoms with Gasteiger partial charge >= 0.3 is 5.63 Å². The number of non-ortho nitro benzene ring substituents is 1. The van der Waals surface area contributed by atoms with Gasteiger partial charge in [0.2, 0.25) is 0 Å². The number of amides is 1. The summed E-state index contributed by atoms with van der Waals surface area (Å²) in [5.74, 6) is -0.454. The van der Waals surface area contributed by atoms with Crippen LogP contribution in [0.1, 0.15) is 15.9 Å². The van der Waals surface area contributed by atoms with Crippen molar-refractivity contribution in [1.29, 1.82) is 0 Å². The molecule has 0 aliphatic carbocycles. The zero-order chi connectivity index (χ0) is 17.3. The Balaban J connectivity index is 2.01. The van der Waals surface area contributed by atoms with Crippen molar-refractivity contribution >= 4 is 28.3 Å². The van der Waals surface area contributed by atoms with Crippen molar-refractivity contribution in [3.05, 3.63) is 80.2 Å². The highest BCUT2D eigenvalue weighted by atomic mass is 16.6. The number of nitro groups is 1. The lowest BCUT2D eigenvalue weighted by Gasteiger charge is -2.07. The standard InChI is InChI=1S/C17H12N2O5/c1-10-4-2-3-5-13(10)16(20)18-14-9-11-8-12(19(22)23)6-7-15(11)24-17(14)21/h2-9H,1H3,(H,18,20). The highest BCUT2D eigenvalue weighted by Crippen LogP contribution is 2.22. The van der Waals surface area contributed by atoms with Gasteiger partial charge in [-0.05, 0) is 30.7 Å². The van der Waals surface area contributed by atoms with Gasteiger partial charge in [-0.25, -0.2) is 4.79 Å². The monoisotopic (exact) mass is 324 g/mol. The van der Waals surface area contributed by atoms with Crippen LogP contribution in [0.2, 0.25) is 0 Å². The van der Waals surface area contributed by atoms with Gasteiger partial charge in [-0.1, -0.05) is 18.2 Å². The van der Waals surface area contributed by atoms with Crippen LogP contribution >= 0.6 is 0 Å². The molecule has 0 bridgehead atoms. The SMILES string of the molecule is Cc1ccccc1C(=O)Nc1cc2cc([N+](=O)[O-])ccc2oc1=O. The first-order valence-electron chi connectivity index (χ1n) is 7.05. The second kappa shape index (κ2) is 5.96. The number of nitrogens with zero attached hydrogens (tertiary/aromatic N) is 1. The first kappa shape index (κ1) is 15.4.